The number of nitrogens with one attached hydrogen (secondary N) is 1. The van der Waals surface area contributed by atoms with Gasteiger partial charge in [0.15, 0.2) is 18.9 Å². The van der Waals surface area contributed by atoms with E-state index < -0.39 is 124 Å². The normalized spacial score (nSPS) is 29.0. The van der Waals surface area contributed by atoms with Gasteiger partial charge in [0.1, 0.15) is 73.2 Å². The van der Waals surface area contributed by atoms with E-state index in [4.69, 9.17) is 28.4 Å². The first-order chi connectivity index (χ1) is 42.3. The molecule has 12 N–H and O–H groups in total. The molecule has 0 aromatic rings. The topological polar surface area (TPSA) is 307 Å². The molecule has 0 aliphatic carbocycles. The second-order valence-corrected chi connectivity index (χ2v) is 24.3. The van der Waals surface area contributed by atoms with Crippen LogP contribution in [0.1, 0.15) is 232 Å². The van der Waals surface area contributed by atoms with Crippen molar-refractivity contribution in [3.8, 4) is 0 Å². The molecule has 3 aliphatic heterocycles. The van der Waals surface area contributed by atoms with Crippen molar-refractivity contribution in [2.24, 2.45) is 0 Å². The summed E-state index contributed by atoms with van der Waals surface area (Å²) in [5, 5.41) is 120. The van der Waals surface area contributed by atoms with E-state index in [9.17, 15) is 61.0 Å². The minimum atomic E-state index is -1.98. The summed E-state index contributed by atoms with van der Waals surface area (Å²) in [6.07, 6.45) is 33.3. The van der Waals surface area contributed by atoms with E-state index in [0.29, 0.717) is 12.8 Å². The number of rotatable bonds is 51. The average Bonchev–Trinajstić information content (AvgIpc) is 1.15. The largest absolute Gasteiger partial charge is 0.394 e. The summed E-state index contributed by atoms with van der Waals surface area (Å²) in [5.41, 5.74) is 0. The van der Waals surface area contributed by atoms with Gasteiger partial charge in [-0.1, -0.05) is 216 Å². The van der Waals surface area contributed by atoms with Crippen LogP contribution in [-0.2, 0) is 33.2 Å². The van der Waals surface area contributed by atoms with Crippen molar-refractivity contribution in [1.82, 2.24) is 5.32 Å². The molecule has 3 fully saturated rings. The maximum atomic E-state index is 13.4. The van der Waals surface area contributed by atoms with Crippen LogP contribution in [0, 0.1) is 0 Å². The highest BCUT2D eigenvalue weighted by atomic mass is 16.8. The zero-order valence-corrected chi connectivity index (χ0v) is 53.2. The SMILES string of the molecule is CCCCCCC/C=C\C/C=C\C/C=C\CCCCCCCCCCCCC(=O)NC(COC1OC(CO)C(OC2OC(CO)C(OC3OC(CO)C(O)C(O)C3O)C(O)C2O)C(O)C1O)C(O)/C=C/CC/C=C/CCCCCCCCCCCCC. The van der Waals surface area contributed by atoms with Gasteiger partial charge in [-0.3, -0.25) is 4.79 Å². The molecule has 3 saturated heterocycles. The van der Waals surface area contributed by atoms with Crippen LogP contribution in [0.3, 0.4) is 0 Å². The van der Waals surface area contributed by atoms with Crippen molar-refractivity contribution in [3.05, 3.63) is 60.8 Å². The zero-order chi connectivity index (χ0) is 63.3. The molecule has 3 heterocycles. The number of carbonyl (C=O) groups excluding carboxylic acids is 1. The molecule has 1 amide bonds. The highest BCUT2D eigenvalue weighted by Gasteiger charge is 2.53. The van der Waals surface area contributed by atoms with Crippen molar-refractivity contribution in [1.29, 1.82) is 0 Å². The second kappa shape index (κ2) is 50.1. The van der Waals surface area contributed by atoms with Crippen LogP contribution < -0.4 is 5.32 Å². The summed E-state index contributed by atoms with van der Waals surface area (Å²) in [7, 11) is 0. The molecule has 19 heteroatoms. The Morgan fingerprint density at radius 2 is 0.770 bits per heavy atom. The number of unbranched alkanes of at least 4 members (excludes halogenated alkanes) is 27. The molecule has 19 nitrogen and oxygen atoms in total. The fraction of sp³-hybridized carbons (Fsp3) is 0.838. The van der Waals surface area contributed by atoms with Crippen molar-refractivity contribution in [3.63, 3.8) is 0 Å². The molecule has 506 valence electrons. The van der Waals surface area contributed by atoms with Gasteiger partial charge in [-0.15, -0.1) is 0 Å². The number of allylic oxidation sites excluding steroid dienone is 9. The summed E-state index contributed by atoms with van der Waals surface area (Å²) in [4.78, 5) is 13.4. The van der Waals surface area contributed by atoms with Gasteiger partial charge in [0.25, 0.3) is 0 Å². The molecule has 87 heavy (non-hydrogen) atoms. The fourth-order valence-electron chi connectivity index (χ4n) is 11.2. The molecule has 17 unspecified atom stereocenters. The molecule has 0 radical (unpaired) electrons. The van der Waals surface area contributed by atoms with Gasteiger partial charge in [-0.25, -0.2) is 0 Å². The summed E-state index contributed by atoms with van der Waals surface area (Å²) in [5.74, 6) is -0.290. The van der Waals surface area contributed by atoms with Gasteiger partial charge in [-0.2, -0.15) is 0 Å². The van der Waals surface area contributed by atoms with Crippen LogP contribution in [0.5, 0.6) is 0 Å². The molecule has 0 aromatic carbocycles. The van der Waals surface area contributed by atoms with Gasteiger partial charge in [0.05, 0.1) is 38.6 Å². The molecule has 0 spiro atoms. The van der Waals surface area contributed by atoms with E-state index in [0.717, 1.165) is 64.2 Å². The Kier molecular flexibility index (Phi) is 45.3. The number of carbonyl (C=O) groups is 1. The minimum absolute atomic E-state index is 0.229. The first-order valence-corrected chi connectivity index (χ1v) is 34.0. The van der Waals surface area contributed by atoms with Crippen LogP contribution in [0.25, 0.3) is 0 Å². The molecular weight excluding hydrogens is 1120 g/mol. The molecule has 0 aromatic heterocycles. The van der Waals surface area contributed by atoms with E-state index in [-0.39, 0.29) is 18.9 Å². The molecular formula is C68H121NO18. The summed E-state index contributed by atoms with van der Waals surface area (Å²) >= 11 is 0. The highest BCUT2D eigenvalue weighted by Crippen LogP contribution is 2.33. The quantitative estimate of drug-likeness (QED) is 0.0201. The van der Waals surface area contributed by atoms with E-state index >= 15 is 0 Å². The van der Waals surface area contributed by atoms with Crippen molar-refractivity contribution in [2.45, 2.75) is 336 Å². The number of amides is 1. The third-order valence-electron chi connectivity index (χ3n) is 16.8. The summed E-state index contributed by atoms with van der Waals surface area (Å²) in [6, 6.07) is -0.995. The number of hydrogen-bond donors (Lipinski definition) is 12. The van der Waals surface area contributed by atoms with Gasteiger partial charge in [0, 0.05) is 6.42 Å². The Morgan fingerprint density at radius 1 is 0.414 bits per heavy atom. The molecule has 0 saturated carbocycles. The van der Waals surface area contributed by atoms with Gasteiger partial charge in [0.2, 0.25) is 5.91 Å². The lowest BCUT2D eigenvalue weighted by Crippen LogP contribution is -2.66. The van der Waals surface area contributed by atoms with E-state index in [1.54, 1.807) is 6.08 Å². The third-order valence-corrected chi connectivity index (χ3v) is 16.8. The molecule has 0 bridgehead atoms. The first-order valence-electron chi connectivity index (χ1n) is 34.0. The lowest BCUT2D eigenvalue weighted by molar-refractivity contribution is -0.379. The third kappa shape index (κ3) is 32.6. The fourth-order valence-corrected chi connectivity index (χ4v) is 11.2. The highest BCUT2D eigenvalue weighted by molar-refractivity contribution is 5.76. The Labute approximate surface area is 522 Å². The molecule has 3 rings (SSSR count). The number of aliphatic hydroxyl groups is 11. The monoisotopic (exact) mass is 1240 g/mol. The smallest absolute Gasteiger partial charge is 0.220 e. The number of ether oxygens (including phenoxy) is 6. The number of aliphatic hydroxyl groups excluding tert-OH is 11. The predicted molar refractivity (Wildman–Crippen MR) is 337 cm³/mol. The Bertz CT molecular complexity index is 1820. The maximum Gasteiger partial charge on any atom is 0.220 e. The zero-order valence-electron chi connectivity index (χ0n) is 53.2. The van der Waals surface area contributed by atoms with E-state index in [1.807, 2.05) is 6.08 Å². The Hall–Kier alpha value is -2.51. The van der Waals surface area contributed by atoms with Crippen molar-refractivity contribution in [2.75, 3.05) is 26.4 Å². The summed E-state index contributed by atoms with van der Waals surface area (Å²) < 4.78 is 34.3. The second-order valence-electron chi connectivity index (χ2n) is 24.3. The standard InChI is InChI=1S/C68H121NO18/c1-3-5-7-9-11-13-15-17-19-21-22-23-24-25-26-27-28-30-32-34-36-38-40-42-44-46-56(74)69-51(52(73)45-43-41-39-37-35-33-31-29-20-18-16-14-12-10-8-6-4-2)50-82-66-62(80)59(77)64(54(48-71)84-66)87-68-63(81)60(78)65(55(49-72)85-68)86-67-61(79)58(76)57(75)53(47-70)83-67/h15,17,21-22,24-25,35,37,43,45,51-55,57-68,70-73,75-81H,3-14,16,18-20,23,26-34,36,38-42,44,46-50H2,1-2H3,(H,69,74)/b17-15-,22-21-,25-24-,37-35+,45-43+. The van der Waals surface area contributed by atoms with Gasteiger partial charge < -0.3 is 89.9 Å². The van der Waals surface area contributed by atoms with Gasteiger partial charge >= 0.3 is 0 Å². The lowest BCUT2D eigenvalue weighted by Gasteiger charge is -2.48. The predicted octanol–water partition coefficient (Wildman–Crippen LogP) is 8.38. The maximum absolute atomic E-state index is 13.4. The summed E-state index contributed by atoms with van der Waals surface area (Å²) in [6.45, 7) is 1.70. The lowest BCUT2D eigenvalue weighted by atomic mass is 9.96. The number of hydrogen-bond acceptors (Lipinski definition) is 18. The average molecular weight is 1240 g/mol. The van der Waals surface area contributed by atoms with Crippen LogP contribution in [0.2, 0.25) is 0 Å². The van der Waals surface area contributed by atoms with Crippen LogP contribution in [-0.4, -0.2) is 193 Å². The Balaban J connectivity index is 1.45. The van der Waals surface area contributed by atoms with Crippen molar-refractivity contribution < 1.29 is 89.4 Å². The van der Waals surface area contributed by atoms with E-state index in [1.165, 1.54) is 135 Å². The Morgan fingerprint density at radius 3 is 1.23 bits per heavy atom. The van der Waals surface area contributed by atoms with Gasteiger partial charge in [-0.05, 0) is 70.6 Å². The van der Waals surface area contributed by atoms with Crippen LogP contribution in [0.4, 0.5) is 0 Å². The molecule has 17 atom stereocenters. The van der Waals surface area contributed by atoms with Crippen LogP contribution in [0.15, 0.2) is 60.8 Å². The van der Waals surface area contributed by atoms with Crippen LogP contribution >= 0.6 is 0 Å². The first kappa shape index (κ1) is 78.7. The van der Waals surface area contributed by atoms with Crippen molar-refractivity contribution >= 4 is 5.91 Å². The molecule has 3 aliphatic rings. The van der Waals surface area contributed by atoms with E-state index in [2.05, 4.69) is 67.8 Å². The minimum Gasteiger partial charge on any atom is -0.394 e.